The molecule has 3 heteroatoms. The molecule has 0 aliphatic heterocycles. The maximum atomic E-state index is 6.02. The molecule has 0 heterocycles. The van der Waals surface area contributed by atoms with E-state index in [2.05, 4.69) is 0 Å². The highest BCUT2D eigenvalue weighted by Gasteiger charge is 2.25. The van der Waals surface area contributed by atoms with Gasteiger partial charge in [-0.25, -0.2) is 0 Å². The van der Waals surface area contributed by atoms with Crippen LogP contribution >= 0.6 is 0 Å². The molecule has 2 N–H and O–H groups in total. The molecular weight excluding hydrogens is 214 g/mol. The van der Waals surface area contributed by atoms with Crippen molar-refractivity contribution in [1.82, 2.24) is 0 Å². The van der Waals surface area contributed by atoms with Gasteiger partial charge in [-0.15, -0.1) is 0 Å². The summed E-state index contributed by atoms with van der Waals surface area (Å²) in [7, 11) is 1.67. The molecule has 3 nitrogen and oxygen atoms in total. The van der Waals surface area contributed by atoms with Gasteiger partial charge >= 0.3 is 0 Å². The van der Waals surface area contributed by atoms with Gasteiger partial charge < -0.3 is 15.2 Å². The number of nitrogens with two attached hydrogens (primary N) is 1. The number of ether oxygens (including phenoxy) is 2. The van der Waals surface area contributed by atoms with Crippen LogP contribution in [0.3, 0.4) is 0 Å². The average molecular weight is 235 g/mol. The molecule has 1 aromatic carbocycles. The number of methoxy groups -OCH3 is 1. The van der Waals surface area contributed by atoms with Crippen molar-refractivity contribution in [1.29, 1.82) is 0 Å². The summed E-state index contributed by atoms with van der Waals surface area (Å²) in [6.45, 7) is 0.723. The maximum Gasteiger partial charge on any atom is 0.120 e. The Morgan fingerprint density at radius 2 is 1.76 bits per heavy atom. The summed E-state index contributed by atoms with van der Waals surface area (Å²) in [6, 6.07) is 7.77. The van der Waals surface area contributed by atoms with Crippen molar-refractivity contribution in [2.24, 2.45) is 11.7 Å². The topological polar surface area (TPSA) is 44.5 Å². The first-order valence-corrected chi connectivity index (χ1v) is 6.34. The minimum atomic E-state index is 0.280. The number of benzene rings is 1. The second-order valence-electron chi connectivity index (χ2n) is 4.61. The third kappa shape index (κ3) is 3.13. The van der Waals surface area contributed by atoms with Gasteiger partial charge in [0.1, 0.15) is 17.6 Å². The standard InChI is InChI=1S/C14H21NO2/c1-16-12-6-8-13(9-7-12)17-14-5-3-2-4-11(14)10-15/h6-9,11,14H,2-5,10,15H2,1H3. The summed E-state index contributed by atoms with van der Waals surface area (Å²) in [5, 5.41) is 0. The molecule has 0 spiro atoms. The molecule has 0 radical (unpaired) electrons. The molecule has 0 bridgehead atoms. The van der Waals surface area contributed by atoms with Crippen LogP contribution < -0.4 is 15.2 Å². The van der Waals surface area contributed by atoms with Gasteiger partial charge in [-0.1, -0.05) is 6.42 Å². The van der Waals surface area contributed by atoms with Crippen LogP contribution in [-0.2, 0) is 0 Å². The van der Waals surface area contributed by atoms with Gasteiger partial charge in [-0.2, -0.15) is 0 Å². The van der Waals surface area contributed by atoms with E-state index in [-0.39, 0.29) is 6.10 Å². The first-order chi connectivity index (χ1) is 8.33. The third-order valence-corrected chi connectivity index (χ3v) is 3.49. The predicted molar refractivity (Wildman–Crippen MR) is 68.4 cm³/mol. The van der Waals surface area contributed by atoms with Crippen LogP contribution in [0.25, 0.3) is 0 Å². The molecule has 2 rings (SSSR count). The van der Waals surface area contributed by atoms with Crippen LogP contribution in [0, 0.1) is 5.92 Å². The van der Waals surface area contributed by atoms with Crippen molar-refractivity contribution in [3.63, 3.8) is 0 Å². The van der Waals surface area contributed by atoms with Gasteiger partial charge in [0.2, 0.25) is 0 Å². The van der Waals surface area contributed by atoms with E-state index < -0.39 is 0 Å². The van der Waals surface area contributed by atoms with Crippen LogP contribution in [0.15, 0.2) is 24.3 Å². The van der Waals surface area contributed by atoms with Gasteiger partial charge in [-0.05, 0) is 50.1 Å². The zero-order valence-electron chi connectivity index (χ0n) is 10.4. The van der Waals surface area contributed by atoms with Gasteiger partial charge in [0.25, 0.3) is 0 Å². The van der Waals surface area contributed by atoms with E-state index in [1.165, 1.54) is 19.3 Å². The van der Waals surface area contributed by atoms with Crippen molar-refractivity contribution < 1.29 is 9.47 Å². The molecule has 0 amide bonds. The Bertz CT molecular complexity index is 337. The van der Waals surface area contributed by atoms with Crippen molar-refractivity contribution in [2.45, 2.75) is 31.8 Å². The Labute approximate surface area is 103 Å². The molecule has 94 valence electrons. The summed E-state index contributed by atoms with van der Waals surface area (Å²) < 4.78 is 11.1. The van der Waals surface area contributed by atoms with E-state index in [0.29, 0.717) is 5.92 Å². The fourth-order valence-electron chi connectivity index (χ4n) is 2.43. The van der Waals surface area contributed by atoms with Crippen LogP contribution in [0.2, 0.25) is 0 Å². The molecule has 1 aromatic rings. The quantitative estimate of drug-likeness (QED) is 0.872. The molecule has 1 fully saturated rings. The third-order valence-electron chi connectivity index (χ3n) is 3.49. The Kier molecular flexibility index (Phi) is 4.26. The van der Waals surface area contributed by atoms with Gasteiger partial charge in [0, 0.05) is 5.92 Å². The molecule has 2 atom stereocenters. The summed E-state index contributed by atoms with van der Waals surface area (Å²) in [6.07, 6.45) is 5.12. The fourth-order valence-corrected chi connectivity index (χ4v) is 2.43. The molecule has 17 heavy (non-hydrogen) atoms. The average Bonchev–Trinajstić information content (AvgIpc) is 2.40. The zero-order chi connectivity index (χ0) is 12.1. The predicted octanol–water partition coefficient (Wildman–Crippen LogP) is 2.59. The van der Waals surface area contributed by atoms with E-state index >= 15 is 0 Å². The second kappa shape index (κ2) is 5.92. The van der Waals surface area contributed by atoms with E-state index in [4.69, 9.17) is 15.2 Å². The summed E-state index contributed by atoms with van der Waals surface area (Å²) >= 11 is 0. The zero-order valence-corrected chi connectivity index (χ0v) is 10.4. The first-order valence-electron chi connectivity index (χ1n) is 6.34. The summed E-state index contributed by atoms with van der Waals surface area (Å²) in [5.41, 5.74) is 5.79. The first kappa shape index (κ1) is 12.2. The van der Waals surface area contributed by atoms with Crippen LogP contribution in [0.5, 0.6) is 11.5 Å². The van der Waals surface area contributed by atoms with E-state index in [1.54, 1.807) is 7.11 Å². The highest BCUT2D eigenvalue weighted by Crippen LogP contribution is 2.28. The van der Waals surface area contributed by atoms with Crippen LogP contribution in [-0.4, -0.2) is 19.8 Å². The van der Waals surface area contributed by atoms with Gasteiger partial charge in [0.15, 0.2) is 0 Å². The van der Waals surface area contributed by atoms with Gasteiger partial charge in [0.05, 0.1) is 7.11 Å². The lowest BCUT2D eigenvalue weighted by atomic mass is 9.86. The highest BCUT2D eigenvalue weighted by molar-refractivity contribution is 5.31. The number of rotatable bonds is 4. The molecule has 1 aliphatic rings. The number of hydrogen-bond donors (Lipinski definition) is 1. The minimum Gasteiger partial charge on any atom is -0.497 e. The Balaban J connectivity index is 1.98. The fraction of sp³-hybridized carbons (Fsp3) is 0.571. The molecule has 2 unspecified atom stereocenters. The van der Waals surface area contributed by atoms with Gasteiger partial charge in [-0.3, -0.25) is 0 Å². The SMILES string of the molecule is COc1ccc(OC2CCCCC2CN)cc1. The van der Waals surface area contributed by atoms with E-state index in [0.717, 1.165) is 24.5 Å². The van der Waals surface area contributed by atoms with Crippen molar-refractivity contribution in [3.05, 3.63) is 24.3 Å². The lowest BCUT2D eigenvalue weighted by Crippen LogP contribution is -2.35. The lowest BCUT2D eigenvalue weighted by Gasteiger charge is -2.31. The lowest BCUT2D eigenvalue weighted by molar-refractivity contribution is 0.0969. The van der Waals surface area contributed by atoms with Crippen molar-refractivity contribution in [2.75, 3.05) is 13.7 Å². The largest absolute Gasteiger partial charge is 0.497 e. The molecule has 0 saturated heterocycles. The smallest absolute Gasteiger partial charge is 0.120 e. The Morgan fingerprint density at radius 3 is 2.41 bits per heavy atom. The maximum absolute atomic E-state index is 6.02. The molecular formula is C14H21NO2. The Hall–Kier alpha value is -1.22. The number of hydrogen-bond acceptors (Lipinski definition) is 3. The molecule has 1 aliphatic carbocycles. The van der Waals surface area contributed by atoms with E-state index in [9.17, 15) is 0 Å². The second-order valence-corrected chi connectivity index (χ2v) is 4.61. The van der Waals surface area contributed by atoms with Crippen LogP contribution in [0.4, 0.5) is 0 Å². The molecule has 1 saturated carbocycles. The molecule has 0 aromatic heterocycles. The van der Waals surface area contributed by atoms with Crippen molar-refractivity contribution in [3.8, 4) is 11.5 Å². The Morgan fingerprint density at radius 1 is 1.12 bits per heavy atom. The summed E-state index contributed by atoms with van der Waals surface area (Å²) in [5.74, 6) is 2.28. The minimum absolute atomic E-state index is 0.280. The normalized spacial score (nSPS) is 24.4. The van der Waals surface area contributed by atoms with Crippen LogP contribution in [0.1, 0.15) is 25.7 Å². The highest BCUT2D eigenvalue weighted by atomic mass is 16.5. The van der Waals surface area contributed by atoms with Crippen molar-refractivity contribution >= 4 is 0 Å². The van der Waals surface area contributed by atoms with E-state index in [1.807, 2.05) is 24.3 Å². The monoisotopic (exact) mass is 235 g/mol. The summed E-state index contributed by atoms with van der Waals surface area (Å²) in [4.78, 5) is 0.